The SMILES string of the molecule is N#Cc1c([N+](=O)[O-])ccc(S(=O)(=O)Cl)c1Br. The van der Waals surface area contributed by atoms with E-state index in [1.807, 2.05) is 0 Å². The van der Waals surface area contributed by atoms with Crippen molar-refractivity contribution in [2.45, 2.75) is 4.90 Å². The van der Waals surface area contributed by atoms with Gasteiger partial charge in [0.2, 0.25) is 0 Å². The molecule has 0 aliphatic carbocycles. The summed E-state index contributed by atoms with van der Waals surface area (Å²) in [5, 5.41) is 19.3. The number of nitriles is 1. The monoisotopic (exact) mass is 324 g/mol. The topological polar surface area (TPSA) is 101 Å². The smallest absolute Gasteiger partial charge is 0.258 e. The molecule has 0 heterocycles. The summed E-state index contributed by atoms with van der Waals surface area (Å²) in [6, 6.07) is 3.42. The first-order chi connectivity index (χ1) is 7.29. The van der Waals surface area contributed by atoms with Crippen LogP contribution in [-0.4, -0.2) is 13.3 Å². The van der Waals surface area contributed by atoms with Crippen LogP contribution in [0.5, 0.6) is 0 Å². The van der Waals surface area contributed by atoms with E-state index in [1.54, 1.807) is 6.07 Å². The molecule has 0 saturated heterocycles. The first-order valence-electron chi connectivity index (χ1n) is 3.60. The zero-order valence-electron chi connectivity index (χ0n) is 7.35. The molecule has 0 radical (unpaired) electrons. The molecule has 0 fully saturated rings. The fraction of sp³-hybridized carbons (Fsp3) is 0. The summed E-state index contributed by atoms with van der Waals surface area (Å²) in [6.07, 6.45) is 0. The van der Waals surface area contributed by atoms with Crippen LogP contribution in [0.1, 0.15) is 5.56 Å². The van der Waals surface area contributed by atoms with Crippen molar-refractivity contribution < 1.29 is 13.3 Å². The zero-order chi connectivity index (χ0) is 12.5. The second-order valence-corrected chi connectivity index (χ2v) is 5.91. The maximum atomic E-state index is 11.1. The normalized spacial score (nSPS) is 10.8. The fourth-order valence-corrected chi connectivity index (χ4v) is 3.27. The third-order valence-electron chi connectivity index (χ3n) is 1.66. The van der Waals surface area contributed by atoms with Crippen LogP contribution in [0.15, 0.2) is 21.5 Å². The van der Waals surface area contributed by atoms with Gasteiger partial charge in [-0.2, -0.15) is 5.26 Å². The molecule has 1 aromatic carbocycles. The lowest BCUT2D eigenvalue weighted by Gasteiger charge is -2.02. The molecule has 0 spiro atoms. The standard InChI is InChI=1S/C7H2BrClN2O4S/c8-7-4(3-10)5(11(12)13)1-2-6(7)16(9,14)15/h1-2H. The molecule has 0 bridgehead atoms. The van der Waals surface area contributed by atoms with E-state index in [4.69, 9.17) is 15.9 Å². The van der Waals surface area contributed by atoms with Crippen molar-refractivity contribution >= 4 is 41.4 Å². The minimum absolute atomic E-state index is 0.209. The van der Waals surface area contributed by atoms with Gasteiger partial charge in [-0.15, -0.1) is 0 Å². The number of rotatable bonds is 2. The Morgan fingerprint density at radius 1 is 1.50 bits per heavy atom. The van der Waals surface area contributed by atoms with Crippen LogP contribution in [0, 0.1) is 21.4 Å². The summed E-state index contributed by atoms with van der Waals surface area (Å²) in [7, 11) is 1.03. The van der Waals surface area contributed by atoms with Gasteiger partial charge in [-0.3, -0.25) is 10.1 Å². The van der Waals surface area contributed by atoms with Gasteiger partial charge in [-0.1, -0.05) is 0 Å². The highest BCUT2D eigenvalue weighted by atomic mass is 79.9. The molecule has 0 unspecified atom stereocenters. The van der Waals surface area contributed by atoms with E-state index in [1.165, 1.54) is 0 Å². The molecule has 84 valence electrons. The Hall–Kier alpha value is -1.17. The lowest BCUT2D eigenvalue weighted by Crippen LogP contribution is -1.99. The number of nitro benzene ring substituents is 1. The molecule has 0 aliphatic heterocycles. The third-order valence-corrected chi connectivity index (χ3v) is 4.11. The summed E-state index contributed by atoms with van der Waals surface area (Å²) >= 11 is 2.81. The minimum atomic E-state index is -4.06. The Balaban J connectivity index is 3.68. The van der Waals surface area contributed by atoms with Crippen molar-refractivity contribution in [3.05, 3.63) is 32.3 Å². The first-order valence-corrected chi connectivity index (χ1v) is 6.71. The van der Waals surface area contributed by atoms with Gasteiger partial charge < -0.3 is 0 Å². The highest BCUT2D eigenvalue weighted by Gasteiger charge is 2.24. The van der Waals surface area contributed by atoms with Gasteiger partial charge in [0.15, 0.2) is 0 Å². The van der Waals surface area contributed by atoms with Crippen molar-refractivity contribution in [2.24, 2.45) is 0 Å². The third kappa shape index (κ3) is 2.32. The Bertz CT molecular complexity index is 608. The first kappa shape index (κ1) is 12.9. The Morgan fingerprint density at radius 2 is 2.06 bits per heavy atom. The van der Waals surface area contributed by atoms with Crippen molar-refractivity contribution in [3.63, 3.8) is 0 Å². The van der Waals surface area contributed by atoms with Gasteiger partial charge in [0.25, 0.3) is 14.7 Å². The van der Waals surface area contributed by atoms with Gasteiger partial charge >= 0.3 is 0 Å². The average Bonchev–Trinajstić information content (AvgIpc) is 2.14. The summed E-state index contributed by atoms with van der Waals surface area (Å²) in [6.45, 7) is 0. The second-order valence-electron chi connectivity index (χ2n) is 2.58. The largest absolute Gasteiger partial charge is 0.288 e. The van der Waals surface area contributed by atoms with E-state index in [9.17, 15) is 18.5 Å². The lowest BCUT2D eigenvalue weighted by molar-refractivity contribution is -0.385. The van der Waals surface area contributed by atoms with Gasteiger partial charge in [0.1, 0.15) is 11.6 Å². The molecule has 0 N–H and O–H groups in total. The Morgan fingerprint density at radius 3 is 2.44 bits per heavy atom. The van der Waals surface area contributed by atoms with Crippen LogP contribution in [0.2, 0.25) is 0 Å². The maximum absolute atomic E-state index is 11.1. The van der Waals surface area contributed by atoms with E-state index in [-0.39, 0.29) is 14.9 Å². The van der Waals surface area contributed by atoms with Gasteiger partial charge in [0, 0.05) is 16.7 Å². The molecule has 1 rings (SSSR count). The van der Waals surface area contributed by atoms with E-state index in [0.29, 0.717) is 0 Å². The number of hydrogen-bond donors (Lipinski definition) is 0. The summed E-state index contributed by atoms with van der Waals surface area (Å²) < 4.78 is 21.9. The predicted molar refractivity (Wildman–Crippen MR) is 58.6 cm³/mol. The van der Waals surface area contributed by atoms with Crippen LogP contribution in [-0.2, 0) is 9.05 Å². The van der Waals surface area contributed by atoms with E-state index in [2.05, 4.69) is 15.9 Å². The Kier molecular flexibility index (Phi) is 3.52. The zero-order valence-corrected chi connectivity index (χ0v) is 10.5. The van der Waals surface area contributed by atoms with Crippen LogP contribution in [0.25, 0.3) is 0 Å². The highest BCUT2D eigenvalue weighted by Crippen LogP contribution is 2.33. The molecule has 9 heteroatoms. The molecule has 0 amide bonds. The molecule has 1 aromatic rings. The molecule has 6 nitrogen and oxygen atoms in total. The number of nitro groups is 1. The molecule has 16 heavy (non-hydrogen) atoms. The number of benzene rings is 1. The van der Waals surface area contributed by atoms with Crippen molar-refractivity contribution in [2.75, 3.05) is 0 Å². The number of hydrogen-bond acceptors (Lipinski definition) is 5. The van der Waals surface area contributed by atoms with Crippen molar-refractivity contribution in [1.29, 1.82) is 5.26 Å². The molecular formula is C7H2BrClN2O4S. The Labute approximate surface area is 103 Å². The maximum Gasteiger partial charge on any atom is 0.288 e. The van der Waals surface area contributed by atoms with Crippen LogP contribution in [0.4, 0.5) is 5.69 Å². The summed E-state index contributed by atoms with van der Waals surface area (Å²) in [5.41, 5.74) is -0.870. The van der Waals surface area contributed by atoms with Gasteiger partial charge in [-0.25, -0.2) is 8.42 Å². The van der Waals surface area contributed by atoms with Crippen molar-refractivity contribution in [1.82, 2.24) is 0 Å². The second kappa shape index (κ2) is 4.37. The lowest BCUT2D eigenvalue weighted by atomic mass is 10.2. The van der Waals surface area contributed by atoms with E-state index in [0.717, 1.165) is 12.1 Å². The molecule has 0 saturated carbocycles. The summed E-state index contributed by atoms with van der Waals surface area (Å²) in [5.74, 6) is 0. The van der Waals surface area contributed by atoms with Crippen molar-refractivity contribution in [3.8, 4) is 6.07 Å². The summed E-state index contributed by atoms with van der Waals surface area (Å²) in [4.78, 5) is 9.38. The quantitative estimate of drug-likeness (QED) is 0.471. The highest BCUT2D eigenvalue weighted by molar-refractivity contribution is 9.10. The minimum Gasteiger partial charge on any atom is -0.258 e. The van der Waals surface area contributed by atoms with E-state index >= 15 is 0 Å². The molecule has 0 atom stereocenters. The fourth-order valence-electron chi connectivity index (χ4n) is 0.994. The van der Waals surface area contributed by atoms with Gasteiger partial charge in [0.05, 0.1) is 14.3 Å². The average molecular weight is 326 g/mol. The number of nitrogens with zero attached hydrogens (tertiary/aromatic N) is 2. The van der Waals surface area contributed by atoms with Crippen LogP contribution in [0.3, 0.4) is 0 Å². The van der Waals surface area contributed by atoms with Crippen LogP contribution >= 0.6 is 26.6 Å². The number of halogens is 2. The van der Waals surface area contributed by atoms with Gasteiger partial charge in [-0.05, 0) is 22.0 Å². The van der Waals surface area contributed by atoms with Crippen LogP contribution < -0.4 is 0 Å². The molecular weight excluding hydrogens is 324 g/mol. The molecule has 0 aliphatic rings. The predicted octanol–water partition coefficient (Wildman–Crippen LogP) is 2.16. The van der Waals surface area contributed by atoms with E-state index < -0.39 is 19.7 Å². The molecule has 0 aromatic heterocycles.